The average molecular weight is 1260 g/mol. The molecule has 15 rings (SSSR count). The van der Waals surface area contributed by atoms with E-state index in [0.717, 1.165) is 91.2 Å². The van der Waals surface area contributed by atoms with Crippen LogP contribution in [0.3, 0.4) is 0 Å². The maximum Gasteiger partial charge on any atom is 0.586 e. The number of imidazole rings is 6. The third-order valence-corrected chi connectivity index (χ3v) is 15.1. The molecule has 0 unspecified atom stereocenters. The third-order valence-electron chi connectivity index (χ3n) is 14.2. The number of carbonyl (C=O) groups is 5. The Morgan fingerprint density at radius 1 is 0.451 bits per heavy atom. The number of thiazole rings is 1. The fraction of sp³-hybridized carbons (Fsp3) is 0.161. The van der Waals surface area contributed by atoms with Gasteiger partial charge < -0.3 is 41.6 Å². The summed E-state index contributed by atoms with van der Waals surface area (Å²) >= 11 is 1.53. The van der Waals surface area contributed by atoms with Crippen LogP contribution in [-0.2, 0) is 20.0 Å². The highest BCUT2D eigenvalue weighted by molar-refractivity contribution is 7.17. The number of nitrogens with zero attached hydrogens (tertiary/aromatic N) is 16. The highest BCUT2D eigenvalue weighted by atomic mass is 32.1. The lowest BCUT2D eigenvalue weighted by Gasteiger charge is -2.11. The number of halogens is 4. The number of aldehydes is 5. The van der Waals surface area contributed by atoms with Crippen LogP contribution >= 0.6 is 11.3 Å². The van der Waals surface area contributed by atoms with Crippen molar-refractivity contribution in [3.8, 4) is 45.7 Å². The number of benzene rings is 5. The second-order valence-electron chi connectivity index (χ2n) is 20.6. The van der Waals surface area contributed by atoms with Crippen LogP contribution in [0.2, 0.25) is 0 Å². The Bertz CT molecular complexity index is 4810. The van der Waals surface area contributed by atoms with Crippen molar-refractivity contribution >= 4 is 75.1 Å². The van der Waals surface area contributed by atoms with Crippen molar-refractivity contribution in [2.45, 2.75) is 46.8 Å². The van der Waals surface area contributed by atoms with E-state index in [4.69, 9.17) is 4.74 Å². The van der Waals surface area contributed by atoms with Gasteiger partial charge in [0.25, 0.3) is 0 Å². The number of hydrogen-bond acceptors (Lipinski definition) is 18. The molecule has 0 bridgehead atoms. The minimum Gasteiger partial charge on any atom is -0.484 e. The van der Waals surface area contributed by atoms with Crippen molar-refractivity contribution in [2.75, 3.05) is 6.61 Å². The standard InChI is InChI=1S/C13H10F2N2O2.C13H12N4O.C12H8F2N2O3.C12H11N5O.C12H9N3OS/c1-8-4-17(7-16-8)10-3-2-9(5-18)11-12(10)19-6-13(11,14)15;1-9-5-17(8-14-9)11-4-3-10(6-18)13-12(11)15-7-16(13)2;1-7-4-16(6-15-7)9-3-2-8(5-17)10-11(9)19-12(13,14)18-10;1-8-5-17(7-13-8)10-4-3-9(6-18)12-11(10)14-15-16(12)2;1-8-4-15(6-13-8)10-3-2-9(5-16)11-12(10)17-7-14-11/h2-5,7H,6H2,1H3;3-8H,1-2H3;2-6H,1H3;3-7H,1-2H3;2-7H,1H3. The number of ether oxygens (including phenoxy) is 3. The fourth-order valence-electron chi connectivity index (χ4n) is 10.1. The van der Waals surface area contributed by atoms with Crippen LogP contribution in [-0.4, -0.2) is 122 Å². The Morgan fingerprint density at radius 2 is 0.879 bits per heavy atom. The van der Waals surface area contributed by atoms with Gasteiger partial charge in [0.1, 0.15) is 16.6 Å². The van der Waals surface area contributed by atoms with Crippen molar-refractivity contribution in [1.82, 2.24) is 77.3 Å². The number of hydrogen-bond donors (Lipinski definition) is 0. The number of aryl methyl sites for hydroxylation is 7. The van der Waals surface area contributed by atoms with Gasteiger partial charge in [0, 0.05) is 67.3 Å². The molecule has 8 aromatic heterocycles. The highest BCUT2D eigenvalue weighted by Gasteiger charge is 2.47. The van der Waals surface area contributed by atoms with Crippen LogP contribution < -0.4 is 14.2 Å². The predicted octanol–water partition coefficient (Wildman–Crippen LogP) is 10.5. The van der Waals surface area contributed by atoms with E-state index < -0.39 is 18.8 Å². The Labute approximate surface area is 516 Å². The van der Waals surface area contributed by atoms with Crippen LogP contribution in [0, 0.1) is 34.6 Å². The van der Waals surface area contributed by atoms with Crippen molar-refractivity contribution in [3.63, 3.8) is 0 Å². The van der Waals surface area contributed by atoms with Crippen LogP contribution in [0.4, 0.5) is 17.6 Å². The molecule has 10 heterocycles. The molecule has 13 aromatic rings. The topological polar surface area (TPSA) is 264 Å². The molecule has 2 aliphatic heterocycles. The lowest BCUT2D eigenvalue weighted by Crippen LogP contribution is -2.26. The zero-order valence-corrected chi connectivity index (χ0v) is 50.0. The van der Waals surface area contributed by atoms with Gasteiger partial charge in [-0.2, -0.15) is 8.78 Å². The van der Waals surface area contributed by atoms with Crippen molar-refractivity contribution in [2.24, 2.45) is 14.1 Å². The van der Waals surface area contributed by atoms with Gasteiger partial charge >= 0.3 is 12.2 Å². The summed E-state index contributed by atoms with van der Waals surface area (Å²) in [4.78, 5) is 84.0. The molecule has 5 aromatic carbocycles. The summed E-state index contributed by atoms with van der Waals surface area (Å²) < 4.78 is 81.1. The van der Waals surface area contributed by atoms with Gasteiger partial charge in [-0.15, -0.1) is 25.2 Å². The molecule has 91 heavy (non-hydrogen) atoms. The van der Waals surface area contributed by atoms with E-state index in [1.54, 1.807) is 91.6 Å². The van der Waals surface area contributed by atoms with Crippen molar-refractivity contribution in [1.29, 1.82) is 0 Å². The molecule has 0 radical (unpaired) electrons. The molecule has 0 fully saturated rings. The Hall–Kier alpha value is -11.6. The van der Waals surface area contributed by atoms with Gasteiger partial charge in [-0.05, 0) is 95.3 Å². The first-order valence-corrected chi connectivity index (χ1v) is 28.2. The van der Waals surface area contributed by atoms with E-state index in [-0.39, 0.29) is 33.9 Å². The van der Waals surface area contributed by atoms with Gasteiger partial charge in [-0.25, -0.2) is 39.6 Å². The summed E-state index contributed by atoms with van der Waals surface area (Å²) in [5, 5.41) is 8.09. The van der Waals surface area contributed by atoms with Crippen LogP contribution in [0.25, 0.3) is 60.7 Å². The van der Waals surface area contributed by atoms with E-state index in [1.807, 2.05) is 88.9 Å². The molecule has 0 saturated heterocycles. The molecule has 0 aliphatic carbocycles. The van der Waals surface area contributed by atoms with E-state index >= 15 is 0 Å². The number of aromatic nitrogens is 16. The molecule has 0 amide bonds. The smallest absolute Gasteiger partial charge is 0.484 e. The molecule has 29 heteroatoms. The van der Waals surface area contributed by atoms with E-state index in [2.05, 4.69) is 54.7 Å². The van der Waals surface area contributed by atoms with E-state index in [9.17, 15) is 41.5 Å². The van der Waals surface area contributed by atoms with E-state index in [1.165, 1.54) is 46.8 Å². The maximum atomic E-state index is 13.8. The molecule has 2 aliphatic rings. The molecule has 24 nitrogen and oxygen atoms in total. The molecule has 0 saturated carbocycles. The third kappa shape index (κ3) is 12.1. The summed E-state index contributed by atoms with van der Waals surface area (Å²) in [5.74, 6) is -3.53. The quantitative estimate of drug-likeness (QED) is 0.0910. The van der Waals surface area contributed by atoms with Crippen LogP contribution in [0.1, 0.15) is 85.8 Å². The molecule has 460 valence electrons. The maximum absolute atomic E-state index is 13.8. The Balaban J connectivity index is 0.000000117. The van der Waals surface area contributed by atoms with Gasteiger partial charge in [0.15, 0.2) is 55.3 Å². The van der Waals surface area contributed by atoms with Gasteiger partial charge in [-0.3, -0.25) is 24.0 Å². The highest BCUT2D eigenvalue weighted by Crippen LogP contribution is 2.48. The zero-order valence-electron chi connectivity index (χ0n) is 49.1. The SMILES string of the molecule is Cc1cn(-c2ccc(C=O)c3c2OC(F)(F)O3)cn1.Cc1cn(-c2ccc(C=O)c3c2OCC3(F)F)cn1.Cc1cn(-c2ccc(C=O)c3c2ncn3C)cn1.Cc1cn(-c2ccc(C=O)c3c2nnn3C)cn1.Cc1cn(-c2ccc(C=O)c3ncsc23)cn1. The number of fused-ring (bicyclic) bond motifs is 5. The van der Waals surface area contributed by atoms with Crippen LogP contribution in [0.15, 0.2) is 135 Å². The Morgan fingerprint density at radius 3 is 1.40 bits per heavy atom. The monoisotopic (exact) mass is 1250 g/mol. The summed E-state index contributed by atoms with van der Waals surface area (Å²) in [6.07, 6.45) is 18.7. The predicted molar refractivity (Wildman–Crippen MR) is 324 cm³/mol. The van der Waals surface area contributed by atoms with Crippen LogP contribution in [0.5, 0.6) is 17.2 Å². The molecule has 0 spiro atoms. The van der Waals surface area contributed by atoms with E-state index in [0.29, 0.717) is 46.2 Å². The summed E-state index contributed by atoms with van der Waals surface area (Å²) in [5.41, 5.74) is 15.0. The fourth-order valence-corrected chi connectivity index (χ4v) is 10.9. The molecular weight excluding hydrogens is 1200 g/mol. The average Bonchev–Trinajstić information content (AvgIpc) is 1.69. The number of rotatable bonds is 10. The summed E-state index contributed by atoms with van der Waals surface area (Å²) in [6.45, 7) is 8.62. The molecular formula is C62H50F4N16O8S. The minimum atomic E-state index is -3.77. The van der Waals surface area contributed by atoms with Gasteiger partial charge in [0.05, 0.1) is 127 Å². The molecule has 0 N–H and O–H groups in total. The largest absolute Gasteiger partial charge is 0.586 e. The first-order chi connectivity index (χ1) is 43.7. The lowest BCUT2D eigenvalue weighted by atomic mass is 10.0. The lowest BCUT2D eigenvalue weighted by molar-refractivity contribution is -0.286. The second kappa shape index (κ2) is 24.9. The first kappa shape index (κ1) is 61.0. The van der Waals surface area contributed by atoms with Gasteiger partial charge in [0.2, 0.25) is 0 Å². The minimum absolute atomic E-state index is 0.00719. The normalized spacial score (nSPS) is 13.0. The summed E-state index contributed by atoms with van der Waals surface area (Å²) in [6, 6.07) is 16.9. The number of alkyl halides is 4. The first-order valence-electron chi connectivity index (χ1n) is 27.3. The Kier molecular flexibility index (Phi) is 16.7. The molecule has 0 atom stereocenters. The second-order valence-corrected chi connectivity index (χ2v) is 21.4. The summed E-state index contributed by atoms with van der Waals surface area (Å²) in [7, 11) is 3.65. The van der Waals surface area contributed by atoms with Crippen molar-refractivity contribution in [3.05, 3.63) is 197 Å². The van der Waals surface area contributed by atoms with Gasteiger partial charge in [-0.1, -0.05) is 5.21 Å². The van der Waals surface area contributed by atoms with Crippen molar-refractivity contribution < 1.29 is 55.7 Å². The zero-order chi connectivity index (χ0) is 64.5. The number of carbonyl (C=O) groups excluding carboxylic acids is 5.